The van der Waals surface area contributed by atoms with Crippen molar-refractivity contribution in [2.24, 2.45) is 29.1 Å². The Morgan fingerprint density at radius 2 is 1.83 bits per heavy atom. The van der Waals surface area contributed by atoms with E-state index in [1.165, 1.54) is 43.3 Å². The van der Waals surface area contributed by atoms with Gasteiger partial charge in [-0.2, -0.15) is 0 Å². The Balaban J connectivity index is 1.75. The molecule has 0 aromatic rings. The molecule has 0 spiro atoms. The number of rotatable bonds is 5. The summed E-state index contributed by atoms with van der Waals surface area (Å²) in [6.07, 6.45) is 18.0. The molecule has 3 saturated carbocycles. The summed E-state index contributed by atoms with van der Waals surface area (Å²) in [6, 6.07) is 0. The van der Waals surface area contributed by atoms with Gasteiger partial charge >= 0.3 is 0 Å². The SMILES string of the molecule is C=C1CC[C@@H](O)C/C1=C/C=C1\CCC[C@@]2(C)[C@@H]1CC[C@@H]2[C@@H](C)/C=C/[C@@H](C)C(C)(C)O. The van der Waals surface area contributed by atoms with Crippen molar-refractivity contribution < 1.29 is 10.2 Å². The molecule has 2 heteroatoms. The van der Waals surface area contributed by atoms with E-state index in [0.717, 1.165) is 19.3 Å². The highest BCUT2D eigenvalue weighted by Gasteiger charge is 2.50. The Bertz CT molecular complexity index is 719. The van der Waals surface area contributed by atoms with Gasteiger partial charge in [0.05, 0.1) is 11.7 Å². The van der Waals surface area contributed by atoms with Crippen LogP contribution in [0.2, 0.25) is 0 Å². The smallest absolute Gasteiger partial charge is 0.0651 e. The van der Waals surface area contributed by atoms with Gasteiger partial charge in [-0.15, -0.1) is 0 Å². The minimum Gasteiger partial charge on any atom is -0.393 e. The summed E-state index contributed by atoms with van der Waals surface area (Å²) in [5, 5.41) is 20.3. The van der Waals surface area contributed by atoms with Gasteiger partial charge in [0.2, 0.25) is 0 Å². The Kier molecular flexibility index (Phi) is 7.19. The molecule has 30 heavy (non-hydrogen) atoms. The van der Waals surface area contributed by atoms with Crippen LogP contribution in [-0.2, 0) is 0 Å². The quantitative estimate of drug-likeness (QED) is 0.490. The molecular formula is C28H44O2. The lowest BCUT2D eigenvalue weighted by atomic mass is 9.61. The average Bonchev–Trinajstić information content (AvgIpc) is 3.03. The fraction of sp³-hybridized carbons (Fsp3) is 0.714. The molecule has 3 aliphatic carbocycles. The molecule has 3 rings (SSSR count). The molecule has 6 atom stereocenters. The molecule has 0 unspecified atom stereocenters. The fourth-order valence-corrected chi connectivity index (χ4v) is 6.25. The van der Waals surface area contributed by atoms with Crippen molar-refractivity contribution in [2.45, 2.75) is 97.7 Å². The Hall–Kier alpha value is -1.12. The van der Waals surface area contributed by atoms with E-state index in [0.29, 0.717) is 23.2 Å². The molecule has 0 aliphatic heterocycles. The van der Waals surface area contributed by atoms with Gasteiger partial charge < -0.3 is 10.2 Å². The zero-order valence-electron chi connectivity index (χ0n) is 20.0. The summed E-state index contributed by atoms with van der Waals surface area (Å²) in [7, 11) is 0. The monoisotopic (exact) mass is 412 g/mol. The number of allylic oxidation sites excluding steroid dienone is 5. The van der Waals surface area contributed by atoms with Crippen LogP contribution in [0.25, 0.3) is 0 Å². The predicted octanol–water partition coefficient (Wildman–Crippen LogP) is 6.76. The molecule has 3 aliphatic rings. The lowest BCUT2D eigenvalue weighted by molar-refractivity contribution is 0.0436. The first-order valence-electron chi connectivity index (χ1n) is 12.2. The predicted molar refractivity (Wildman–Crippen MR) is 127 cm³/mol. The van der Waals surface area contributed by atoms with Crippen molar-refractivity contribution >= 4 is 0 Å². The van der Waals surface area contributed by atoms with Crippen LogP contribution >= 0.6 is 0 Å². The van der Waals surface area contributed by atoms with Gasteiger partial charge in [0.15, 0.2) is 0 Å². The van der Waals surface area contributed by atoms with Gasteiger partial charge in [0.25, 0.3) is 0 Å². The molecule has 0 amide bonds. The molecule has 2 nitrogen and oxygen atoms in total. The summed E-state index contributed by atoms with van der Waals surface area (Å²) in [4.78, 5) is 0. The molecular weight excluding hydrogens is 368 g/mol. The molecule has 0 bridgehead atoms. The summed E-state index contributed by atoms with van der Waals surface area (Å²) < 4.78 is 0. The number of aliphatic hydroxyl groups is 2. The normalized spacial score (nSPS) is 37.7. The van der Waals surface area contributed by atoms with E-state index >= 15 is 0 Å². The average molecular weight is 413 g/mol. The second-order valence-corrected chi connectivity index (χ2v) is 11.2. The molecule has 0 heterocycles. The minimum absolute atomic E-state index is 0.164. The van der Waals surface area contributed by atoms with Gasteiger partial charge in [-0.05, 0) is 94.0 Å². The third kappa shape index (κ3) is 5.02. The Morgan fingerprint density at radius 1 is 1.10 bits per heavy atom. The highest BCUT2D eigenvalue weighted by atomic mass is 16.3. The van der Waals surface area contributed by atoms with Crippen LogP contribution in [-0.4, -0.2) is 21.9 Å². The molecule has 2 N–H and O–H groups in total. The molecule has 3 fully saturated rings. The maximum Gasteiger partial charge on any atom is 0.0651 e. The van der Waals surface area contributed by atoms with E-state index in [9.17, 15) is 10.2 Å². The van der Waals surface area contributed by atoms with Crippen molar-refractivity contribution in [3.05, 3.63) is 47.6 Å². The van der Waals surface area contributed by atoms with Gasteiger partial charge in [-0.3, -0.25) is 0 Å². The fourth-order valence-electron chi connectivity index (χ4n) is 6.25. The van der Waals surface area contributed by atoms with Gasteiger partial charge in [-0.1, -0.05) is 62.8 Å². The number of hydrogen-bond donors (Lipinski definition) is 2. The van der Waals surface area contributed by atoms with Crippen LogP contribution in [0, 0.1) is 29.1 Å². The van der Waals surface area contributed by atoms with E-state index in [4.69, 9.17) is 0 Å². The number of fused-ring (bicyclic) bond motifs is 1. The first-order chi connectivity index (χ1) is 14.0. The highest BCUT2D eigenvalue weighted by molar-refractivity contribution is 5.36. The summed E-state index contributed by atoms with van der Waals surface area (Å²) in [6.45, 7) is 15.0. The van der Waals surface area contributed by atoms with Gasteiger partial charge in [0, 0.05) is 5.92 Å². The first kappa shape index (κ1) is 23.5. The molecule has 0 saturated heterocycles. The van der Waals surface area contributed by atoms with Crippen LogP contribution in [0.3, 0.4) is 0 Å². The van der Waals surface area contributed by atoms with Crippen molar-refractivity contribution in [3.8, 4) is 0 Å². The molecule has 168 valence electrons. The zero-order valence-corrected chi connectivity index (χ0v) is 20.0. The van der Waals surface area contributed by atoms with E-state index in [1.807, 2.05) is 13.8 Å². The third-order valence-electron chi connectivity index (χ3n) is 8.68. The molecule has 0 aromatic carbocycles. The second kappa shape index (κ2) is 9.17. The highest BCUT2D eigenvalue weighted by Crippen LogP contribution is 2.59. The molecule has 0 radical (unpaired) electrons. The zero-order chi connectivity index (χ0) is 22.1. The van der Waals surface area contributed by atoms with E-state index in [1.54, 1.807) is 5.57 Å². The maximum atomic E-state index is 10.3. The van der Waals surface area contributed by atoms with Crippen molar-refractivity contribution in [3.63, 3.8) is 0 Å². The van der Waals surface area contributed by atoms with Crippen LogP contribution in [0.5, 0.6) is 0 Å². The maximum absolute atomic E-state index is 10.3. The Morgan fingerprint density at radius 3 is 2.53 bits per heavy atom. The number of aliphatic hydroxyl groups excluding tert-OH is 1. The summed E-state index contributed by atoms with van der Waals surface area (Å²) in [5.41, 5.74) is 3.78. The third-order valence-corrected chi connectivity index (χ3v) is 8.68. The second-order valence-electron chi connectivity index (χ2n) is 11.2. The van der Waals surface area contributed by atoms with Crippen molar-refractivity contribution in [2.75, 3.05) is 0 Å². The van der Waals surface area contributed by atoms with Gasteiger partial charge in [-0.25, -0.2) is 0 Å². The summed E-state index contributed by atoms with van der Waals surface area (Å²) >= 11 is 0. The minimum atomic E-state index is -0.663. The van der Waals surface area contributed by atoms with Crippen LogP contribution in [0.15, 0.2) is 47.6 Å². The topological polar surface area (TPSA) is 40.5 Å². The largest absolute Gasteiger partial charge is 0.393 e. The van der Waals surface area contributed by atoms with Crippen molar-refractivity contribution in [1.82, 2.24) is 0 Å². The molecule has 0 aromatic heterocycles. The Labute approximate surface area is 184 Å². The van der Waals surface area contributed by atoms with Crippen LogP contribution in [0.1, 0.15) is 86.0 Å². The van der Waals surface area contributed by atoms with Crippen LogP contribution in [0.4, 0.5) is 0 Å². The van der Waals surface area contributed by atoms with E-state index in [-0.39, 0.29) is 12.0 Å². The lowest BCUT2D eigenvalue weighted by Crippen LogP contribution is -2.35. The number of hydrogen-bond acceptors (Lipinski definition) is 2. The van der Waals surface area contributed by atoms with E-state index < -0.39 is 5.60 Å². The van der Waals surface area contributed by atoms with Crippen LogP contribution < -0.4 is 0 Å². The summed E-state index contributed by atoms with van der Waals surface area (Å²) in [5.74, 6) is 2.08. The standard InChI is InChI=1S/C28H44O2/c1-19-10-14-24(29)18-23(19)13-12-22-8-7-17-28(6)25(15-16-26(22)28)20(2)9-11-21(3)27(4,5)30/h9,11-13,20-21,24-26,29-30H,1,7-8,10,14-18H2,2-6H3/b11-9+,22-12+,23-13-/t20-,21+,24+,25+,26+,28+/m0/s1. The lowest BCUT2D eigenvalue weighted by Gasteiger charge is -2.44. The van der Waals surface area contributed by atoms with Crippen molar-refractivity contribution in [1.29, 1.82) is 0 Å². The first-order valence-corrected chi connectivity index (χ1v) is 12.2. The van der Waals surface area contributed by atoms with E-state index in [2.05, 4.69) is 51.7 Å². The van der Waals surface area contributed by atoms with Gasteiger partial charge in [0.1, 0.15) is 0 Å².